The Balaban J connectivity index is 2.78. The minimum absolute atomic E-state index is 0.0886. The molecule has 1 rings (SSSR count). The van der Waals surface area contributed by atoms with Gasteiger partial charge in [-0.1, -0.05) is 0 Å². The van der Waals surface area contributed by atoms with Crippen molar-refractivity contribution in [3.63, 3.8) is 0 Å². The van der Waals surface area contributed by atoms with Gasteiger partial charge in [-0.2, -0.15) is 0 Å². The van der Waals surface area contributed by atoms with Gasteiger partial charge in [0, 0.05) is 12.1 Å². The third-order valence-electron chi connectivity index (χ3n) is 4.26. The number of ether oxygens (including phenoxy) is 1. The largest absolute Gasteiger partial charge is 0.465 e. The molecule has 1 saturated carbocycles. The number of likely N-dealkylation sites (N-methyl/N-ethyl adjacent to an activating group) is 1. The molecule has 0 saturated heterocycles. The first-order valence-electron chi connectivity index (χ1n) is 7.05. The Morgan fingerprint density at radius 3 is 2.72 bits per heavy atom. The van der Waals surface area contributed by atoms with Crippen molar-refractivity contribution in [3.05, 3.63) is 0 Å². The first kappa shape index (κ1) is 15.4. The van der Waals surface area contributed by atoms with E-state index < -0.39 is 5.54 Å². The van der Waals surface area contributed by atoms with E-state index >= 15 is 0 Å². The predicted octanol–water partition coefficient (Wildman–Crippen LogP) is 1.79. The highest BCUT2D eigenvalue weighted by Crippen LogP contribution is 2.32. The van der Waals surface area contributed by atoms with Gasteiger partial charge in [0.05, 0.1) is 6.61 Å². The zero-order valence-electron chi connectivity index (χ0n) is 12.5. The summed E-state index contributed by atoms with van der Waals surface area (Å²) in [6.07, 6.45) is 3.96. The van der Waals surface area contributed by atoms with Crippen LogP contribution in [0.15, 0.2) is 0 Å². The molecule has 0 aromatic carbocycles. The molecule has 0 aromatic rings. The van der Waals surface area contributed by atoms with Crippen LogP contribution in [0.25, 0.3) is 0 Å². The summed E-state index contributed by atoms with van der Waals surface area (Å²) in [5, 5.41) is 3.22. The molecule has 0 radical (unpaired) electrons. The van der Waals surface area contributed by atoms with Crippen LogP contribution in [-0.4, -0.2) is 49.2 Å². The fourth-order valence-electron chi connectivity index (χ4n) is 2.80. The molecule has 2 atom stereocenters. The van der Waals surface area contributed by atoms with Gasteiger partial charge in [-0.3, -0.25) is 4.79 Å². The van der Waals surface area contributed by atoms with Gasteiger partial charge in [-0.05, 0) is 60.5 Å². The van der Waals surface area contributed by atoms with E-state index in [1.165, 1.54) is 0 Å². The maximum absolute atomic E-state index is 12.2. The lowest BCUT2D eigenvalue weighted by atomic mass is 9.78. The summed E-state index contributed by atoms with van der Waals surface area (Å²) in [6, 6.07) is 0.959. The first-order valence-corrected chi connectivity index (χ1v) is 7.05. The lowest BCUT2D eigenvalue weighted by molar-refractivity contribution is -0.153. The number of carbonyl (C=O) groups is 1. The average molecular weight is 256 g/mol. The summed E-state index contributed by atoms with van der Waals surface area (Å²) < 4.78 is 5.24. The molecule has 106 valence electrons. The Morgan fingerprint density at radius 1 is 1.56 bits per heavy atom. The van der Waals surface area contributed by atoms with Crippen LogP contribution in [0.3, 0.4) is 0 Å². The lowest BCUT2D eigenvalue weighted by Crippen LogP contribution is -2.58. The topological polar surface area (TPSA) is 41.6 Å². The Bertz CT molecular complexity index is 281. The molecule has 2 unspecified atom stereocenters. The molecule has 0 heterocycles. The number of hydrogen-bond donors (Lipinski definition) is 1. The molecule has 0 bridgehead atoms. The fraction of sp³-hybridized carbons (Fsp3) is 0.929. The van der Waals surface area contributed by atoms with Crippen molar-refractivity contribution in [1.82, 2.24) is 10.2 Å². The zero-order chi connectivity index (χ0) is 13.8. The smallest absolute Gasteiger partial charge is 0.326 e. The van der Waals surface area contributed by atoms with E-state index in [0.717, 1.165) is 25.7 Å². The molecule has 1 aliphatic carbocycles. The van der Waals surface area contributed by atoms with Gasteiger partial charge in [0.2, 0.25) is 0 Å². The van der Waals surface area contributed by atoms with E-state index in [1.807, 2.05) is 14.0 Å². The normalized spacial score (nSPS) is 28.7. The van der Waals surface area contributed by atoms with E-state index in [1.54, 1.807) is 0 Å². The van der Waals surface area contributed by atoms with Crippen molar-refractivity contribution in [2.75, 3.05) is 20.7 Å². The van der Waals surface area contributed by atoms with Gasteiger partial charge in [-0.15, -0.1) is 0 Å². The second-order valence-corrected chi connectivity index (χ2v) is 5.56. The quantitative estimate of drug-likeness (QED) is 0.762. The summed E-state index contributed by atoms with van der Waals surface area (Å²) >= 11 is 0. The van der Waals surface area contributed by atoms with Gasteiger partial charge < -0.3 is 15.0 Å². The molecule has 18 heavy (non-hydrogen) atoms. The van der Waals surface area contributed by atoms with Crippen LogP contribution >= 0.6 is 0 Å². The number of nitrogens with one attached hydrogen (secondary N) is 1. The monoisotopic (exact) mass is 256 g/mol. The van der Waals surface area contributed by atoms with Crippen LogP contribution in [0, 0.1) is 0 Å². The van der Waals surface area contributed by atoms with Crippen LogP contribution in [-0.2, 0) is 9.53 Å². The molecular formula is C14H28N2O2. The van der Waals surface area contributed by atoms with E-state index in [0.29, 0.717) is 18.7 Å². The highest BCUT2D eigenvalue weighted by atomic mass is 16.5. The van der Waals surface area contributed by atoms with Gasteiger partial charge in [0.25, 0.3) is 0 Å². The number of hydrogen-bond acceptors (Lipinski definition) is 4. The van der Waals surface area contributed by atoms with Crippen LogP contribution in [0.5, 0.6) is 0 Å². The molecule has 0 amide bonds. The maximum atomic E-state index is 12.2. The molecule has 4 heteroatoms. The minimum atomic E-state index is -0.484. The predicted molar refractivity (Wildman–Crippen MR) is 73.6 cm³/mol. The third-order valence-corrected chi connectivity index (χ3v) is 4.26. The summed E-state index contributed by atoms with van der Waals surface area (Å²) in [7, 11) is 4.01. The molecular weight excluding hydrogens is 228 g/mol. The number of rotatable bonds is 5. The molecule has 1 fully saturated rings. The fourth-order valence-corrected chi connectivity index (χ4v) is 2.80. The standard InChI is InChI=1S/C14H28N2O2/c1-6-18-13(17)14(15-4)9-7-8-12(10-14)16(5)11(2)3/h11-12,15H,6-10H2,1-5H3. The Hall–Kier alpha value is -0.610. The third kappa shape index (κ3) is 3.23. The first-order chi connectivity index (χ1) is 8.46. The number of carbonyl (C=O) groups excluding carboxylic acids is 1. The van der Waals surface area contributed by atoms with Crippen molar-refractivity contribution in [2.45, 2.75) is 64.1 Å². The minimum Gasteiger partial charge on any atom is -0.465 e. The Morgan fingerprint density at radius 2 is 2.22 bits per heavy atom. The molecule has 0 aromatic heterocycles. The maximum Gasteiger partial charge on any atom is 0.326 e. The highest BCUT2D eigenvalue weighted by Gasteiger charge is 2.43. The van der Waals surface area contributed by atoms with Crippen LogP contribution in [0.1, 0.15) is 46.5 Å². The van der Waals surface area contributed by atoms with E-state index in [2.05, 4.69) is 31.1 Å². The van der Waals surface area contributed by atoms with Gasteiger partial charge >= 0.3 is 5.97 Å². The Kier molecular flexibility index (Phi) is 5.60. The Labute approximate surface area is 111 Å². The molecule has 1 aliphatic rings. The summed E-state index contributed by atoms with van der Waals surface area (Å²) in [4.78, 5) is 14.6. The SMILES string of the molecule is CCOC(=O)C1(NC)CCCC(N(C)C(C)C)C1. The van der Waals surface area contributed by atoms with Gasteiger partial charge in [0.15, 0.2) is 0 Å². The average Bonchev–Trinajstić information content (AvgIpc) is 2.37. The van der Waals surface area contributed by atoms with Crippen molar-refractivity contribution in [1.29, 1.82) is 0 Å². The molecule has 0 aliphatic heterocycles. The molecule has 1 N–H and O–H groups in total. The zero-order valence-corrected chi connectivity index (χ0v) is 12.5. The number of nitrogens with zero attached hydrogens (tertiary/aromatic N) is 1. The van der Waals surface area contributed by atoms with E-state index in [-0.39, 0.29) is 5.97 Å². The van der Waals surface area contributed by atoms with Crippen molar-refractivity contribution >= 4 is 5.97 Å². The van der Waals surface area contributed by atoms with Gasteiger partial charge in [0.1, 0.15) is 5.54 Å². The van der Waals surface area contributed by atoms with Crippen LogP contribution in [0.4, 0.5) is 0 Å². The van der Waals surface area contributed by atoms with Crippen molar-refractivity contribution in [2.24, 2.45) is 0 Å². The van der Waals surface area contributed by atoms with E-state index in [4.69, 9.17) is 4.74 Å². The lowest BCUT2D eigenvalue weighted by Gasteiger charge is -2.43. The summed E-state index contributed by atoms with van der Waals surface area (Å²) in [6.45, 7) is 6.70. The molecule has 4 nitrogen and oxygen atoms in total. The summed E-state index contributed by atoms with van der Waals surface area (Å²) in [5.74, 6) is -0.0886. The molecule has 0 spiro atoms. The van der Waals surface area contributed by atoms with Gasteiger partial charge in [-0.25, -0.2) is 0 Å². The summed E-state index contributed by atoms with van der Waals surface area (Å²) in [5.41, 5.74) is -0.484. The second-order valence-electron chi connectivity index (χ2n) is 5.56. The second kappa shape index (κ2) is 6.53. The van der Waals surface area contributed by atoms with E-state index in [9.17, 15) is 4.79 Å². The van der Waals surface area contributed by atoms with Crippen LogP contribution < -0.4 is 5.32 Å². The van der Waals surface area contributed by atoms with Crippen molar-refractivity contribution < 1.29 is 9.53 Å². The highest BCUT2D eigenvalue weighted by molar-refractivity contribution is 5.81. The van der Waals surface area contributed by atoms with Crippen molar-refractivity contribution in [3.8, 4) is 0 Å². The number of esters is 1. The van der Waals surface area contributed by atoms with Crippen LogP contribution in [0.2, 0.25) is 0 Å².